The molecule has 0 aliphatic carbocycles. The highest BCUT2D eigenvalue weighted by Gasteiger charge is 2.41. The maximum absolute atomic E-state index is 14.0. The third-order valence-electron chi connectivity index (χ3n) is 3.68. The maximum Gasteiger partial charge on any atom is 0.311 e. The Morgan fingerprint density at radius 3 is 2.55 bits per heavy atom. The van der Waals surface area contributed by atoms with Crippen LogP contribution in [0.4, 0.5) is 10.1 Å². The smallest absolute Gasteiger partial charge is 0.311 e. The predicted octanol–water partition coefficient (Wildman–Crippen LogP) is 1.53. The monoisotopic (exact) mass is 301 g/mol. The molecule has 0 aromatic heterocycles. The first-order valence-electron chi connectivity index (χ1n) is 6.11. The zero-order valence-corrected chi connectivity index (χ0v) is 12.1. The second kappa shape index (κ2) is 4.73. The van der Waals surface area contributed by atoms with Crippen molar-refractivity contribution < 1.29 is 22.7 Å². The first kappa shape index (κ1) is 14.8. The highest BCUT2D eigenvalue weighted by molar-refractivity contribution is 7.90. The number of hydrogen-bond acceptors (Lipinski definition) is 4. The lowest BCUT2D eigenvalue weighted by atomic mass is 9.90. The lowest BCUT2D eigenvalue weighted by Crippen LogP contribution is -2.32. The van der Waals surface area contributed by atoms with Gasteiger partial charge in [-0.3, -0.25) is 4.79 Å². The lowest BCUT2D eigenvalue weighted by Gasteiger charge is -2.22. The van der Waals surface area contributed by atoms with Gasteiger partial charge in [-0.05, 0) is 31.5 Å². The SMILES string of the molecule is CC1(C(=O)O)CCN(c2ccc(S(C)(=O)=O)cc2F)C1. The fraction of sp³-hybridized carbons (Fsp3) is 0.462. The van der Waals surface area contributed by atoms with Gasteiger partial charge in [0, 0.05) is 19.3 Å². The van der Waals surface area contributed by atoms with Crippen molar-refractivity contribution in [2.45, 2.75) is 18.2 Å². The van der Waals surface area contributed by atoms with Gasteiger partial charge in [0.1, 0.15) is 5.82 Å². The van der Waals surface area contributed by atoms with Gasteiger partial charge >= 0.3 is 5.97 Å². The van der Waals surface area contributed by atoms with Crippen LogP contribution in [0, 0.1) is 11.2 Å². The molecule has 1 heterocycles. The van der Waals surface area contributed by atoms with Crippen molar-refractivity contribution in [2.24, 2.45) is 5.41 Å². The summed E-state index contributed by atoms with van der Waals surface area (Å²) in [5.41, 5.74) is -0.663. The predicted molar refractivity (Wildman–Crippen MR) is 72.1 cm³/mol. The van der Waals surface area contributed by atoms with E-state index in [2.05, 4.69) is 0 Å². The van der Waals surface area contributed by atoms with Crippen LogP contribution >= 0.6 is 0 Å². The van der Waals surface area contributed by atoms with Crippen molar-refractivity contribution in [3.8, 4) is 0 Å². The fourth-order valence-corrected chi connectivity index (χ4v) is 2.95. The van der Waals surface area contributed by atoms with Crippen LogP contribution in [0.3, 0.4) is 0 Å². The van der Waals surface area contributed by atoms with E-state index in [0.717, 1.165) is 12.3 Å². The number of benzene rings is 1. The van der Waals surface area contributed by atoms with Gasteiger partial charge < -0.3 is 10.0 Å². The Kier molecular flexibility index (Phi) is 3.49. The molecule has 1 fully saturated rings. The molecule has 5 nitrogen and oxygen atoms in total. The van der Waals surface area contributed by atoms with Gasteiger partial charge in [-0.2, -0.15) is 0 Å². The summed E-state index contributed by atoms with van der Waals surface area (Å²) in [4.78, 5) is 12.7. The third-order valence-corrected chi connectivity index (χ3v) is 4.79. The molecule has 1 N–H and O–H groups in total. The highest BCUT2D eigenvalue weighted by Crippen LogP contribution is 2.35. The van der Waals surface area contributed by atoms with E-state index in [9.17, 15) is 17.6 Å². The number of rotatable bonds is 3. The molecule has 1 unspecified atom stereocenters. The maximum atomic E-state index is 14.0. The standard InChI is InChI=1S/C13H16FNO4S/c1-13(12(16)17)5-6-15(8-13)11-4-3-9(7-10(11)14)20(2,18)19/h3-4,7H,5-6,8H2,1-2H3,(H,16,17). The Balaban J connectivity index is 2.30. The van der Waals surface area contributed by atoms with Crippen LogP contribution in [-0.4, -0.2) is 38.8 Å². The van der Waals surface area contributed by atoms with Gasteiger partial charge in [0.2, 0.25) is 0 Å². The van der Waals surface area contributed by atoms with Gasteiger partial charge in [-0.15, -0.1) is 0 Å². The molecule has 0 bridgehead atoms. The molecule has 0 saturated carbocycles. The van der Waals surface area contributed by atoms with E-state index in [-0.39, 0.29) is 17.1 Å². The van der Waals surface area contributed by atoms with Crippen molar-refractivity contribution in [3.05, 3.63) is 24.0 Å². The molecule has 1 aromatic rings. The van der Waals surface area contributed by atoms with Crippen LogP contribution in [-0.2, 0) is 14.6 Å². The number of carboxylic acid groups (broad SMARTS) is 1. The largest absolute Gasteiger partial charge is 0.481 e. The van der Waals surface area contributed by atoms with Crippen LogP contribution in [0.15, 0.2) is 23.1 Å². The van der Waals surface area contributed by atoms with Crippen molar-refractivity contribution in [1.82, 2.24) is 0 Å². The van der Waals surface area contributed by atoms with E-state index in [1.165, 1.54) is 12.1 Å². The lowest BCUT2D eigenvalue weighted by molar-refractivity contribution is -0.146. The molecule has 0 spiro atoms. The van der Waals surface area contributed by atoms with Gasteiger partial charge in [0.05, 0.1) is 16.0 Å². The number of aliphatic carboxylic acids is 1. The highest BCUT2D eigenvalue weighted by atomic mass is 32.2. The number of nitrogens with zero attached hydrogens (tertiary/aromatic N) is 1. The third kappa shape index (κ3) is 2.63. The van der Waals surface area contributed by atoms with E-state index in [0.29, 0.717) is 13.0 Å². The molecule has 20 heavy (non-hydrogen) atoms. The van der Waals surface area contributed by atoms with Crippen molar-refractivity contribution in [3.63, 3.8) is 0 Å². The average molecular weight is 301 g/mol. The van der Waals surface area contributed by atoms with Crippen LogP contribution in [0.1, 0.15) is 13.3 Å². The molecule has 0 amide bonds. The second-order valence-electron chi connectivity index (χ2n) is 5.42. The van der Waals surface area contributed by atoms with Crippen molar-refractivity contribution in [2.75, 3.05) is 24.2 Å². The summed E-state index contributed by atoms with van der Waals surface area (Å²) < 4.78 is 36.7. The molecule has 1 aromatic carbocycles. The second-order valence-corrected chi connectivity index (χ2v) is 7.44. The summed E-state index contributed by atoms with van der Waals surface area (Å²) in [6.45, 7) is 2.26. The number of hydrogen-bond donors (Lipinski definition) is 1. The van der Waals surface area contributed by atoms with E-state index >= 15 is 0 Å². The van der Waals surface area contributed by atoms with Gasteiger partial charge in [-0.1, -0.05) is 0 Å². The number of anilines is 1. The molecule has 7 heteroatoms. The Morgan fingerprint density at radius 2 is 2.10 bits per heavy atom. The zero-order valence-electron chi connectivity index (χ0n) is 11.3. The number of carbonyl (C=O) groups is 1. The summed E-state index contributed by atoms with van der Waals surface area (Å²) in [5, 5.41) is 9.16. The van der Waals surface area contributed by atoms with Crippen LogP contribution in [0.2, 0.25) is 0 Å². The Bertz CT molecular complexity index is 658. The van der Waals surface area contributed by atoms with E-state index in [1.54, 1.807) is 11.8 Å². The minimum Gasteiger partial charge on any atom is -0.481 e. The summed E-state index contributed by atoms with van der Waals surface area (Å²) >= 11 is 0. The number of carboxylic acids is 1. The molecule has 1 aliphatic rings. The molecule has 0 radical (unpaired) electrons. The van der Waals surface area contributed by atoms with Gasteiger partial charge in [0.25, 0.3) is 0 Å². The van der Waals surface area contributed by atoms with Crippen LogP contribution in [0.5, 0.6) is 0 Å². The Labute approximate surface area is 116 Å². The molecule has 1 saturated heterocycles. The summed E-state index contributed by atoms with van der Waals surface area (Å²) in [6, 6.07) is 3.70. The summed E-state index contributed by atoms with van der Waals surface area (Å²) in [5.74, 6) is -1.56. The quantitative estimate of drug-likeness (QED) is 0.916. The first-order valence-corrected chi connectivity index (χ1v) is 8.01. The molecular formula is C13H16FNO4S. The van der Waals surface area contributed by atoms with Gasteiger partial charge in [0.15, 0.2) is 9.84 Å². The molecule has 1 atom stereocenters. The van der Waals surface area contributed by atoms with Crippen LogP contribution < -0.4 is 4.90 Å². The molecule has 110 valence electrons. The normalized spacial score (nSPS) is 23.1. The van der Waals surface area contributed by atoms with Gasteiger partial charge in [-0.25, -0.2) is 12.8 Å². The average Bonchev–Trinajstić information content (AvgIpc) is 2.72. The number of halogens is 1. The van der Waals surface area contributed by atoms with E-state index in [1.807, 2.05) is 0 Å². The van der Waals surface area contributed by atoms with Crippen LogP contribution in [0.25, 0.3) is 0 Å². The zero-order chi connectivity index (χ0) is 15.1. The summed E-state index contributed by atoms with van der Waals surface area (Å²) in [7, 11) is -3.45. The Hall–Kier alpha value is -1.63. The molecular weight excluding hydrogens is 285 g/mol. The molecule has 2 rings (SSSR count). The summed E-state index contributed by atoms with van der Waals surface area (Å²) in [6.07, 6.45) is 1.44. The Morgan fingerprint density at radius 1 is 1.45 bits per heavy atom. The van der Waals surface area contributed by atoms with Crippen molar-refractivity contribution in [1.29, 1.82) is 0 Å². The number of sulfone groups is 1. The molecule has 1 aliphatic heterocycles. The first-order chi connectivity index (χ1) is 9.13. The topological polar surface area (TPSA) is 74.7 Å². The fourth-order valence-electron chi connectivity index (χ4n) is 2.32. The van der Waals surface area contributed by atoms with E-state index in [4.69, 9.17) is 5.11 Å². The van der Waals surface area contributed by atoms with E-state index < -0.39 is 27.0 Å². The minimum atomic E-state index is -3.45. The minimum absolute atomic E-state index is 0.0843. The van der Waals surface area contributed by atoms with Crippen molar-refractivity contribution >= 4 is 21.5 Å².